The van der Waals surface area contributed by atoms with Crippen molar-refractivity contribution in [2.75, 3.05) is 0 Å². The van der Waals surface area contributed by atoms with Gasteiger partial charge >= 0.3 is 0 Å². The van der Waals surface area contributed by atoms with Gasteiger partial charge in [0.25, 0.3) is 15.9 Å². The molecule has 7 nitrogen and oxygen atoms in total. The predicted octanol–water partition coefficient (Wildman–Crippen LogP) is 2.72. The van der Waals surface area contributed by atoms with Crippen LogP contribution in [0, 0.1) is 13.8 Å². The van der Waals surface area contributed by atoms with Gasteiger partial charge in [-0.15, -0.1) is 0 Å². The fourth-order valence-corrected chi connectivity index (χ4v) is 3.68. The van der Waals surface area contributed by atoms with Gasteiger partial charge in [0, 0.05) is 11.9 Å². The van der Waals surface area contributed by atoms with E-state index < -0.39 is 15.9 Å². The maximum absolute atomic E-state index is 12.6. The number of aromatic nitrogens is 3. The number of carbonyl (C=O) groups excluding carboxylic acids is 1. The van der Waals surface area contributed by atoms with Crippen LogP contribution in [0.25, 0.3) is 0 Å². The standard InChI is InChI=1S/C18H17ClN4O3S/c1-12-17(13(2)23(21-12)11-14-6-4-3-5-7-14)18(24)22-27(25,26)16-9-8-15(19)10-20-16/h3-10H,11H2,1-2H3,(H,22,24). The van der Waals surface area contributed by atoms with Gasteiger partial charge < -0.3 is 0 Å². The summed E-state index contributed by atoms with van der Waals surface area (Å²) in [6.07, 6.45) is 1.20. The lowest BCUT2D eigenvalue weighted by atomic mass is 10.2. The number of aryl methyl sites for hydroxylation is 1. The van der Waals surface area contributed by atoms with Gasteiger partial charge in [-0.05, 0) is 31.5 Å². The zero-order valence-electron chi connectivity index (χ0n) is 14.7. The third kappa shape index (κ3) is 4.17. The van der Waals surface area contributed by atoms with Crippen LogP contribution in [0.15, 0.2) is 53.7 Å². The number of halogens is 1. The molecule has 0 bridgehead atoms. The van der Waals surface area contributed by atoms with E-state index >= 15 is 0 Å². The van der Waals surface area contributed by atoms with E-state index in [1.54, 1.807) is 18.5 Å². The van der Waals surface area contributed by atoms with Crippen LogP contribution in [0.5, 0.6) is 0 Å². The van der Waals surface area contributed by atoms with E-state index in [0.717, 1.165) is 5.56 Å². The summed E-state index contributed by atoms with van der Waals surface area (Å²) in [6.45, 7) is 3.87. The maximum atomic E-state index is 12.6. The number of amides is 1. The molecule has 0 saturated heterocycles. The normalized spacial score (nSPS) is 11.4. The second-order valence-corrected chi connectivity index (χ2v) is 8.00. The van der Waals surface area contributed by atoms with Crippen LogP contribution in [-0.4, -0.2) is 29.1 Å². The molecule has 0 aliphatic carbocycles. The van der Waals surface area contributed by atoms with Gasteiger partial charge in [-0.3, -0.25) is 9.48 Å². The molecular weight excluding hydrogens is 388 g/mol. The first-order valence-electron chi connectivity index (χ1n) is 8.04. The third-order valence-electron chi connectivity index (χ3n) is 3.99. The molecular formula is C18H17ClN4O3S. The summed E-state index contributed by atoms with van der Waals surface area (Å²) in [7, 11) is -4.11. The van der Waals surface area contributed by atoms with Crippen molar-refractivity contribution in [1.82, 2.24) is 19.5 Å². The van der Waals surface area contributed by atoms with E-state index in [0.29, 0.717) is 23.0 Å². The van der Waals surface area contributed by atoms with Crippen LogP contribution in [0.2, 0.25) is 5.02 Å². The minimum absolute atomic E-state index is 0.225. The van der Waals surface area contributed by atoms with Crippen molar-refractivity contribution in [2.45, 2.75) is 25.4 Å². The van der Waals surface area contributed by atoms with Gasteiger partial charge in [-0.1, -0.05) is 41.9 Å². The second kappa shape index (κ2) is 7.50. The lowest BCUT2D eigenvalue weighted by molar-refractivity contribution is 0.0980. The Balaban J connectivity index is 1.86. The molecule has 0 spiro atoms. The first-order valence-corrected chi connectivity index (χ1v) is 9.90. The molecule has 0 fully saturated rings. The first kappa shape index (κ1) is 19.1. The Morgan fingerprint density at radius 1 is 1.15 bits per heavy atom. The smallest absolute Gasteiger partial charge is 0.268 e. The zero-order valence-corrected chi connectivity index (χ0v) is 16.3. The third-order valence-corrected chi connectivity index (χ3v) is 5.46. The number of nitrogens with zero attached hydrogens (tertiary/aromatic N) is 3. The number of hydrogen-bond acceptors (Lipinski definition) is 5. The summed E-state index contributed by atoms with van der Waals surface area (Å²) in [5.74, 6) is -0.749. The number of carbonyl (C=O) groups is 1. The molecule has 2 aromatic heterocycles. The monoisotopic (exact) mass is 404 g/mol. The lowest BCUT2D eigenvalue weighted by Gasteiger charge is -2.08. The van der Waals surface area contributed by atoms with E-state index in [1.807, 2.05) is 35.1 Å². The Labute approximate surface area is 162 Å². The quantitative estimate of drug-likeness (QED) is 0.705. The topological polar surface area (TPSA) is 94.0 Å². The maximum Gasteiger partial charge on any atom is 0.281 e. The van der Waals surface area contributed by atoms with Gasteiger partial charge in [0.1, 0.15) is 0 Å². The molecule has 0 aliphatic heterocycles. The molecule has 0 saturated carbocycles. The van der Waals surface area contributed by atoms with Crippen molar-refractivity contribution in [1.29, 1.82) is 0 Å². The molecule has 1 amide bonds. The zero-order chi connectivity index (χ0) is 19.6. The Morgan fingerprint density at radius 2 is 1.85 bits per heavy atom. The summed E-state index contributed by atoms with van der Waals surface area (Å²) < 4.78 is 28.5. The van der Waals surface area contributed by atoms with Gasteiger partial charge in [0.2, 0.25) is 0 Å². The highest BCUT2D eigenvalue weighted by Gasteiger charge is 2.25. The van der Waals surface area contributed by atoms with Crippen molar-refractivity contribution < 1.29 is 13.2 Å². The highest BCUT2D eigenvalue weighted by molar-refractivity contribution is 7.90. The number of sulfonamides is 1. The van der Waals surface area contributed by atoms with Crippen molar-refractivity contribution in [2.24, 2.45) is 0 Å². The summed E-state index contributed by atoms with van der Waals surface area (Å²) >= 11 is 5.72. The first-order chi connectivity index (χ1) is 12.8. The molecule has 1 aromatic carbocycles. The predicted molar refractivity (Wildman–Crippen MR) is 101 cm³/mol. The summed E-state index contributed by atoms with van der Waals surface area (Å²) in [4.78, 5) is 16.4. The number of pyridine rings is 1. The molecule has 0 radical (unpaired) electrons. The minimum Gasteiger partial charge on any atom is -0.268 e. The fourth-order valence-electron chi connectivity index (χ4n) is 2.68. The fraction of sp³-hybridized carbons (Fsp3) is 0.167. The molecule has 27 heavy (non-hydrogen) atoms. The molecule has 0 atom stereocenters. The van der Waals surface area contributed by atoms with Crippen molar-refractivity contribution in [3.8, 4) is 0 Å². The molecule has 0 aliphatic rings. The average Bonchev–Trinajstić information content (AvgIpc) is 2.89. The minimum atomic E-state index is -4.11. The molecule has 1 N–H and O–H groups in total. The van der Waals surface area contributed by atoms with Crippen LogP contribution in [0.1, 0.15) is 27.3 Å². The SMILES string of the molecule is Cc1nn(Cc2ccccc2)c(C)c1C(=O)NS(=O)(=O)c1ccc(Cl)cn1. The number of hydrogen-bond donors (Lipinski definition) is 1. The molecule has 9 heteroatoms. The molecule has 140 valence electrons. The average molecular weight is 405 g/mol. The van der Waals surface area contributed by atoms with Gasteiger partial charge in [-0.2, -0.15) is 13.5 Å². The summed E-state index contributed by atoms with van der Waals surface area (Å²) in [6, 6.07) is 12.3. The Hall–Kier alpha value is -2.71. The van der Waals surface area contributed by atoms with E-state index in [4.69, 9.17) is 11.6 Å². The number of rotatable bonds is 5. The van der Waals surface area contributed by atoms with Gasteiger partial charge in [-0.25, -0.2) is 9.71 Å². The van der Waals surface area contributed by atoms with Crippen LogP contribution in [0.3, 0.4) is 0 Å². The van der Waals surface area contributed by atoms with Crippen molar-refractivity contribution in [3.63, 3.8) is 0 Å². The van der Waals surface area contributed by atoms with E-state index in [2.05, 4.69) is 10.1 Å². The summed E-state index contributed by atoms with van der Waals surface area (Å²) in [5.41, 5.74) is 2.27. The van der Waals surface area contributed by atoms with Crippen molar-refractivity contribution in [3.05, 3.63) is 76.2 Å². The molecule has 3 aromatic rings. The van der Waals surface area contributed by atoms with Gasteiger partial charge in [0.15, 0.2) is 5.03 Å². The van der Waals surface area contributed by atoms with Crippen LogP contribution in [-0.2, 0) is 16.6 Å². The number of nitrogens with one attached hydrogen (secondary N) is 1. The summed E-state index contributed by atoms with van der Waals surface area (Å²) in [5, 5.41) is 4.38. The molecule has 3 rings (SSSR count). The number of benzene rings is 1. The highest BCUT2D eigenvalue weighted by Crippen LogP contribution is 2.16. The molecule has 2 heterocycles. The molecule has 0 unspecified atom stereocenters. The van der Waals surface area contributed by atoms with Crippen LogP contribution >= 0.6 is 11.6 Å². The van der Waals surface area contributed by atoms with Crippen LogP contribution < -0.4 is 4.72 Å². The van der Waals surface area contributed by atoms with Gasteiger partial charge in [0.05, 0.1) is 22.8 Å². The van der Waals surface area contributed by atoms with Crippen molar-refractivity contribution >= 4 is 27.5 Å². The van der Waals surface area contributed by atoms with E-state index in [1.165, 1.54) is 18.3 Å². The second-order valence-electron chi connectivity index (χ2n) is 5.94. The van der Waals surface area contributed by atoms with Crippen LogP contribution in [0.4, 0.5) is 0 Å². The Morgan fingerprint density at radius 3 is 2.48 bits per heavy atom. The van der Waals surface area contributed by atoms with E-state index in [-0.39, 0.29) is 10.6 Å². The highest BCUT2D eigenvalue weighted by atomic mass is 35.5. The lowest BCUT2D eigenvalue weighted by Crippen LogP contribution is -2.31. The Kier molecular flexibility index (Phi) is 5.29. The Bertz CT molecular complexity index is 1080. The van der Waals surface area contributed by atoms with E-state index in [9.17, 15) is 13.2 Å². The largest absolute Gasteiger partial charge is 0.281 e.